The van der Waals surface area contributed by atoms with E-state index in [0.717, 1.165) is 7.11 Å². The maximum absolute atomic E-state index is 11.6. The summed E-state index contributed by atoms with van der Waals surface area (Å²) in [6, 6.07) is 1.39. The zero-order chi connectivity index (χ0) is 15.3. The Balaban J connectivity index is 3.04. The highest BCUT2D eigenvalue weighted by Crippen LogP contribution is 2.27. The van der Waals surface area contributed by atoms with Crippen molar-refractivity contribution in [1.29, 1.82) is 0 Å². The highest BCUT2D eigenvalue weighted by atomic mass is 79.9. The van der Waals surface area contributed by atoms with E-state index in [4.69, 9.17) is 11.6 Å². The standard InChI is InChI=1S/C11H10BrClN2O5/c1-19-8(17)4-7(16)14-6-3-5(12)10(13)15-9(6)11(18)20-2/h3H,4H2,1-2H3,(H,14,16). The van der Waals surface area contributed by atoms with Crippen LogP contribution in [0.25, 0.3) is 0 Å². The number of hydrogen-bond donors (Lipinski definition) is 1. The second-order valence-electron chi connectivity index (χ2n) is 3.45. The van der Waals surface area contributed by atoms with Crippen molar-refractivity contribution in [3.05, 3.63) is 21.4 Å². The molecule has 0 aliphatic carbocycles. The number of pyridine rings is 1. The third kappa shape index (κ3) is 4.17. The molecular formula is C11H10BrClN2O5. The highest BCUT2D eigenvalue weighted by molar-refractivity contribution is 9.10. The average molecular weight is 366 g/mol. The fourth-order valence-electron chi connectivity index (χ4n) is 1.21. The second kappa shape index (κ2) is 7.20. The van der Waals surface area contributed by atoms with E-state index in [1.54, 1.807) is 0 Å². The molecule has 108 valence electrons. The third-order valence-electron chi connectivity index (χ3n) is 2.12. The lowest BCUT2D eigenvalue weighted by Gasteiger charge is -2.10. The highest BCUT2D eigenvalue weighted by Gasteiger charge is 2.19. The molecule has 0 aliphatic rings. The number of hydrogen-bond acceptors (Lipinski definition) is 6. The second-order valence-corrected chi connectivity index (χ2v) is 4.66. The number of ether oxygens (including phenoxy) is 2. The van der Waals surface area contributed by atoms with E-state index in [9.17, 15) is 14.4 Å². The minimum atomic E-state index is -0.771. The molecule has 0 bridgehead atoms. The van der Waals surface area contributed by atoms with Crippen LogP contribution in [-0.2, 0) is 19.1 Å². The Hall–Kier alpha value is -1.67. The molecule has 1 aromatic heterocycles. The van der Waals surface area contributed by atoms with Crippen molar-refractivity contribution in [3.8, 4) is 0 Å². The zero-order valence-electron chi connectivity index (χ0n) is 10.5. The van der Waals surface area contributed by atoms with Gasteiger partial charge in [-0.3, -0.25) is 9.59 Å². The zero-order valence-corrected chi connectivity index (χ0v) is 12.9. The average Bonchev–Trinajstić information content (AvgIpc) is 2.41. The van der Waals surface area contributed by atoms with Gasteiger partial charge in [-0.25, -0.2) is 9.78 Å². The molecule has 0 saturated heterocycles. The maximum atomic E-state index is 11.6. The number of carbonyl (C=O) groups is 3. The number of nitrogens with one attached hydrogen (secondary N) is 1. The molecule has 1 heterocycles. The van der Waals surface area contributed by atoms with E-state index >= 15 is 0 Å². The SMILES string of the molecule is COC(=O)CC(=O)Nc1cc(Br)c(Cl)nc1C(=O)OC. The summed E-state index contributed by atoms with van der Waals surface area (Å²) in [4.78, 5) is 38.0. The number of rotatable bonds is 4. The predicted molar refractivity (Wildman–Crippen MR) is 73.5 cm³/mol. The quantitative estimate of drug-likeness (QED) is 0.496. The first-order chi connectivity index (χ1) is 9.38. The lowest BCUT2D eigenvalue weighted by Crippen LogP contribution is -2.20. The third-order valence-corrected chi connectivity index (χ3v) is 3.24. The van der Waals surface area contributed by atoms with Gasteiger partial charge in [-0.15, -0.1) is 0 Å². The van der Waals surface area contributed by atoms with Crippen LogP contribution in [-0.4, -0.2) is 37.0 Å². The van der Waals surface area contributed by atoms with Gasteiger partial charge < -0.3 is 14.8 Å². The molecule has 1 rings (SSSR count). The summed E-state index contributed by atoms with van der Waals surface area (Å²) in [6.45, 7) is 0. The van der Waals surface area contributed by atoms with Gasteiger partial charge in [-0.1, -0.05) is 11.6 Å². The molecule has 1 aromatic rings. The van der Waals surface area contributed by atoms with Gasteiger partial charge in [-0.2, -0.15) is 0 Å². The van der Waals surface area contributed by atoms with E-state index in [2.05, 4.69) is 35.7 Å². The Kier molecular flexibility index (Phi) is 5.90. The fraction of sp³-hybridized carbons (Fsp3) is 0.273. The summed E-state index contributed by atoms with van der Waals surface area (Å²) in [6.07, 6.45) is -0.489. The molecule has 0 atom stereocenters. The number of esters is 2. The maximum Gasteiger partial charge on any atom is 0.358 e. The van der Waals surface area contributed by atoms with Crippen molar-refractivity contribution in [2.24, 2.45) is 0 Å². The fourth-order valence-corrected chi connectivity index (χ4v) is 1.67. The summed E-state index contributed by atoms with van der Waals surface area (Å²) in [5, 5.41) is 2.41. The van der Waals surface area contributed by atoms with Gasteiger partial charge >= 0.3 is 11.9 Å². The number of halogens is 2. The molecule has 0 saturated carbocycles. The number of carbonyl (C=O) groups excluding carboxylic acids is 3. The van der Waals surface area contributed by atoms with Crippen LogP contribution in [0.3, 0.4) is 0 Å². The lowest BCUT2D eigenvalue weighted by molar-refractivity contribution is -0.142. The molecule has 0 unspecified atom stereocenters. The minimum absolute atomic E-state index is 0.0383. The number of nitrogens with zero attached hydrogens (tertiary/aromatic N) is 1. The van der Waals surface area contributed by atoms with Crippen molar-refractivity contribution in [1.82, 2.24) is 4.98 Å². The molecule has 0 aromatic carbocycles. The van der Waals surface area contributed by atoms with Crippen molar-refractivity contribution in [2.75, 3.05) is 19.5 Å². The topological polar surface area (TPSA) is 94.6 Å². The molecule has 0 radical (unpaired) electrons. The Bertz CT molecular complexity index is 564. The normalized spacial score (nSPS) is 9.80. The Morgan fingerprint density at radius 1 is 1.35 bits per heavy atom. The lowest BCUT2D eigenvalue weighted by atomic mass is 10.2. The molecule has 1 N–H and O–H groups in total. The van der Waals surface area contributed by atoms with Crippen molar-refractivity contribution >= 4 is 51.1 Å². The van der Waals surface area contributed by atoms with Crippen molar-refractivity contribution < 1.29 is 23.9 Å². The van der Waals surface area contributed by atoms with Gasteiger partial charge in [0.25, 0.3) is 0 Å². The molecule has 7 nitrogen and oxygen atoms in total. The summed E-state index contributed by atoms with van der Waals surface area (Å²) < 4.78 is 9.28. The van der Waals surface area contributed by atoms with Crippen molar-refractivity contribution in [2.45, 2.75) is 6.42 Å². The van der Waals surface area contributed by atoms with Crippen LogP contribution >= 0.6 is 27.5 Å². The monoisotopic (exact) mass is 364 g/mol. The van der Waals surface area contributed by atoms with E-state index in [0.29, 0.717) is 4.47 Å². The van der Waals surface area contributed by atoms with Crippen LogP contribution in [0.2, 0.25) is 5.15 Å². The van der Waals surface area contributed by atoms with E-state index in [-0.39, 0.29) is 16.5 Å². The van der Waals surface area contributed by atoms with Crippen LogP contribution in [0.15, 0.2) is 10.5 Å². The van der Waals surface area contributed by atoms with Crippen LogP contribution in [0, 0.1) is 0 Å². The Morgan fingerprint density at radius 2 is 2.00 bits per heavy atom. The van der Waals surface area contributed by atoms with Gasteiger partial charge in [0.15, 0.2) is 5.69 Å². The molecular weight excluding hydrogens is 355 g/mol. The molecule has 0 fully saturated rings. The molecule has 1 amide bonds. The van der Waals surface area contributed by atoms with Crippen LogP contribution in [0.4, 0.5) is 5.69 Å². The molecule has 0 spiro atoms. The number of methoxy groups -OCH3 is 2. The molecule has 20 heavy (non-hydrogen) atoms. The first-order valence-electron chi connectivity index (χ1n) is 5.20. The summed E-state index contributed by atoms with van der Waals surface area (Å²) in [5.74, 6) is -2.13. The van der Waals surface area contributed by atoms with Crippen LogP contribution in [0.5, 0.6) is 0 Å². The van der Waals surface area contributed by atoms with Crippen LogP contribution in [0.1, 0.15) is 16.9 Å². The molecule has 0 aliphatic heterocycles. The number of anilines is 1. The smallest absolute Gasteiger partial charge is 0.358 e. The number of amides is 1. The van der Waals surface area contributed by atoms with Gasteiger partial charge in [0.1, 0.15) is 11.6 Å². The van der Waals surface area contributed by atoms with E-state index in [1.165, 1.54) is 13.2 Å². The molecule has 9 heteroatoms. The summed E-state index contributed by atoms with van der Waals surface area (Å²) in [5.41, 5.74) is -0.0963. The number of aromatic nitrogens is 1. The van der Waals surface area contributed by atoms with Crippen LogP contribution < -0.4 is 5.32 Å². The minimum Gasteiger partial charge on any atom is -0.469 e. The Labute approximate surface area is 127 Å². The summed E-state index contributed by atoms with van der Waals surface area (Å²) in [7, 11) is 2.33. The first-order valence-corrected chi connectivity index (χ1v) is 6.37. The van der Waals surface area contributed by atoms with Gasteiger partial charge in [0, 0.05) is 0 Å². The summed E-state index contributed by atoms with van der Waals surface area (Å²) >= 11 is 8.89. The first kappa shape index (κ1) is 16.4. The van der Waals surface area contributed by atoms with Gasteiger partial charge in [0.05, 0.1) is 24.4 Å². The largest absolute Gasteiger partial charge is 0.469 e. The van der Waals surface area contributed by atoms with Gasteiger partial charge in [-0.05, 0) is 22.0 Å². The Morgan fingerprint density at radius 3 is 2.55 bits per heavy atom. The van der Waals surface area contributed by atoms with E-state index < -0.39 is 24.3 Å². The van der Waals surface area contributed by atoms with E-state index in [1.807, 2.05) is 0 Å². The van der Waals surface area contributed by atoms with Crippen molar-refractivity contribution in [3.63, 3.8) is 0 Å². The van der Waals surface area contributed by atoms with Gasteiger partial charge in [0.2, 0.25) is 5.91 Å². The predicted octanol–water partition coefficient (Wildman–Crippen LogP) is 1.79.